The number of aliphatic hydroxyl groups excluding tert-OH is 1. The Morgan fingerprint density at radius 1 is 1.31 bits per heavy atom. The van der Waals surface area contributed by atoms with E-state index in [2.05, 4.69) is 12.2 Å². The first-order chi connectivity index (χ1) is 7.74. The van der Waals surface area contributed by atoms with Crippen molar-refractivity contribution in [3.8, 4) is 0 Å². The van der Waals surface area contributed by atoms with Crippen molar-refractivity contribution in [1.82, 2.24) is 5.32 Å². The van der Waals surface area contributed by atoms with Gasteiger partial charge in [-0.3, -0.25) is 4.79 Å². The molecule has 0 aliphatic carbocycles. The first-order valence-electron chi connectivity index (χ1n) is 5.68. The summed E-state index contributed by atoms with van der Waals surface area (Å²) in [5, 5.41) is 11.6. The third kappa shape index (κ3) is 4.45. The van der Waals surface area contributed by atoms with E-state index in [1.807, 2.05) is 18.2 Å². The average molecular weight is 221 g/mol. The lowest BCUT2D eigenvalue weighted by Gasteiger charge is -2.10. The number of hydrogen-bond acceptors (Lipinski definition) is 2. The first kappa shape index (κ1) is 12.7. The summed E-state index contributed by atoms with van der Waals surface area (Å²) in [6.45, 7) is 2.95. The molecule has 1 aromatic carbocycles. The number of rotatable bonds is 6. The molecule has 3 nitrogen and oxygen atoms in total. The zero-order chi connectivity index (χ0) is 11.8. The summed E-state index contributed by atoms with van der Waals surface area (Å²) in [7, 11) is 0. The van der Waals surface area contributed by atoms with Crippen LogP contribution < -0.4 is 5.32 Å². The molecular formula is C13H19NO2. The predicted octanol–water partition coefficient (Wildman–Crippen LogP) is 1.82. The monoisotopic (exact) mass is 221 g/mol. The number of carbonyl (C=O) groups is 1. The van der Waals surface area contributed by atoms with E-state index in [0.29, 0.717) is 18.0 Å². The third-order valence-corrected chi connectivity index (χ3v) is 2.58. The van der Waals surface area contributed by atoms with Gasteiger partial charge in [-0.2, -0.15) is 0 Å². The molecule has 1 atom stereocenters. The summed E-state index contributed by atoms with van der Waals surface area (Å²) in [6, 6.07) is 9.19. The summed E-state index contributed by atoms with van der Waals surface area (Å²) >= 11 is 0. The third-order valence-electron chi connectivity index (χ3n) is 2.58. The Morgan fingerprint density at radius 3 is 2.62 bits per heavy atom. The molecule has 1 unspecified atom stereocenters. The normalized spacial score (nSPS) is 12.1. The zero-order valence-corrected chi connectivity index (χ0v) is 9.65. The van der Waals surface area contributed by atoms with Gasteiger partial charge in [-0.25, -0.2) is 0 Å². The molecule has 0 saturated heterocycles. The van der Waals surface area contributed by atoms with E-state index in [4.69, 9.17) is 5.11 Å². The predicted molar refractivity (Wildman–Crippen MR) is 64.3 cm³/mol. The van der Waals surface area contributed by atoms with E-state index in [1.165, 1.54) is 0 Å². The molecule has 0 saturated carbocycles. The highest BCUT2D eigenvalue weighted by Gasteiger charge is 2.05. The molecule has 0 aromatic heterocycles. The maximum Gasteiger partial charge on any atom is 0.251 e. The minimum absolute atomic E-state index is 0.0307. The Labute approximate surface area is 96.5 Å². The summed E-state index contributed by atoms with van der Waals surface area (Å²) in [4.78, 5) is 11.6. The summed E-state index contributed by atoms with van der Waals surface area (Å²) < 4.78 is 0. The highest BCUT2D eigenvalue weighted by molar-refractivity contribution is 5.94. The quantitative estimate of drug-likeness (QED) is 0.770. The van der Waals surface area contributed by atoms with Crippen LogP contribution in [0, 0.1) is 5.92 Å². The molecule has 0 aliphatic rings. The SMILES string of the molecule is CC(CCO)CCNC(=O)c1ccccc1. The van der Waals surface area contributed by atoms with Gasteiger partial charge in [0.1, 0.15) is 0 Å². The van der Waals surface area contributed by atoms with Gasteiger partial charge in [-0.15, -0.1) is 0 Å². The Bertz CT molecular complexity index is 311. The maximum atomic E-state index is 11.6. The topological polar surface area (TPSA) is 49.3 Å². The average Bonchev–Trinajstić information content (AvgIpc) is 2.30. The van der Waals surface area contributed by atoms with Gasteiger partial charge >= 0.3 is 0 Å². The molecule has 1 aromatic rings. The molecule has 0 spiro atoms. The first-order valence-corrected chi connectivity index (χ1v) is 5.68. The van der Waals surface area contributed by atoms with Crippen LogP contribution in [0.15, 0.2) is 30.3 Å². The standard InChI is InChI=1S/C13H19NO2/c1-11(8-10-15)7-9-14-13(16)12-5-3-2-4-6-12/h2-6,11,15H,7-10H2,1H3,(H,14,16). The highest BCUT2D eigenvalue weighted by Crippen LogP contribution is 2.05. The fraction of sp³-hybridized carbons (Fsp3) is 0.462. The molecule has 0 aliphatic heterocycles. The van der Waals surface area contributed by atoms with Crippen LogP contribution in [0.4, 0.5) is 0 Å². The molecule has 1 rings (SSSR count). The number of amides is 1. The van der Waals surface area contributed by atoms with Crippen LogP contribution in [-0.4, -0.2) is 24.2 Å². The maximum absolute atomic E-state index is 11.6. The minimum Gasteiger partial charge on any atom is -0.396 e. The molecule has 88 valence electrons. The molecular weight excluding hydrogens is 202 g/mol. The number of hydrogen-bond donors (Lipinski definition) is 2. The van der Waals surface area contributed by atoms with Crippen molar-refractivity contribution in [2.24, 2.45) is 5.92 Å². The van der Waals surface area contributed by atoms with E-state index >= 15 is 0 Å². The van der Waals surface area contributed by atoms with Crippen LogP contribution >= 0.6 is 0 Å². The summed E-state index contributed by atoms with van der Waals surface area (Å²) in [5.74, 6) is 0.415. The molecule has 2 N–H and O–H groups in total. The van der Waals surface area contributed by atoms with Crippen molar-refractivity contribution < 1.29 is 9.90 Å². The molecule has 3 heteroatoms. The van der Waals surface area contributed by atoms with Gasteiger partial charge in [-0.1, -0.05) is 25.1 Å². The van der Waals surface area contributed by atoms with Crippen LogP contribution in [0.3, 0.4) is 0 Å². The molecule has 0 bridgehead atoms. The van der Waals surface area contributed by atoms with E-state index in [9.17, 15) is 4.79 Å². The lowest BCUT2D eigenvalue weighted by Crippen LogP contribution is -2.25. The van der Waals surface area contributed by atoms with Crippen molar-refractivity contribution in [3.63, 3.8) is 0 Å². The second kappa shape index (κ2) is 7.01. The van der Waals surface area contributed by atoms with Crippen molar-refractivity contribution in [2.45, 2.75) is 19.8 Å². The fourth-order valence-electron chi connectivity index (χ4n) is 1.49. The van der Waals surface area contributed by atoms with Gasteiger partial charge in [0.05, 0.1) is 0 Å². The zero-order valence-electron chi connectivity index (χ0n) is 9.65. The van der Waals surface area contributed by atoms with Crippen LogP contribution in [0.5, 0.6) is 0 Å². The van der Waals surface area contributed by atoms with Gasteiger partial charge in [0.2, 0.25) is 0 Å². The van der Waals surface area contributed by atoms with Gasteiger partial charge in [0, 0.05) is 18.7 Å². The lowest BCUT2D eigenvalue weighted by atomic mass is 10.0. The Balaban J connectivity index is 2.26. The van der Waals surface area contributed by atoms with Crippen LogP contribution in [-0.2, 0) is 0 Å². The number of nitrogens with one attached hydrogen (secondary N) is 1. The van der Waals surface area contributed by atoms with Crippen molar-refractivity contribution in [2.75, 3.05) is 13.2 Å². The Morgan fingerprint density at radius 2 is 2.00 bits per heavy atom. The van der Waals surface area contributed by atoms with Gasteiger partial charge in [0.15, 0.2) is 0 Å². The Kier molecular flexibility index (Phi) is 5.57. The van der Waals surface area contributed by atoms with Crippen molar-refractivity contribution in [1.29, 1.82) is 0 Å². The minimum atomic E-state index is -0.0307. The smallest absolute Gasteiger partial charge is 0.251 e. The van der Waals surface area contributed by atoms with Gasteiger partial charge in [0.25, 0.3) is 5.91 Å². The van der Waals surface area contributed by atoms with Crippen LogP contribution in [0.2, 0.25) is 0 Å². The molecule has 16 heavy (non-hydrogen) atoms. The second-order valence-electron chi connectivity index (χ2n) is 4.03. The largest absolute Gasteiger partial charge is 0.396 e. The Hall–Kier alpha value is -1.35. The van der Waals surface area contributed by atoms with E-state index in [-0.39, 0.29) is 12.5 Å². The number of benzene rings is 1. The summed E-state index contributed by atoms with van der Waals surface area (Å²) in [6.07, 6.45) is 1.69. The van der Waals surface area contributed by atoms with Crippen molar-refractivity contribution in [3.05, 3.63) is 35.9 Å². The molecule has 0 fully saturated rings. The van der Waals surface area contributed by atoms with E-state index < -0.39 is 0 Å². The number of aliphatic hydroxyl groups is 1. The molecule has 0 heterocycles. The molecule has 1 amide bonds. The molecule has 0 radical (unpaired) electrons. The van der Waals surface area contributed by atoms with E-state index in [0.717, 1.165) is 12.8 Å². The van der Waals surface area contributed by atoms with Crippen LogP contribution in [0.1, 0.15) is 30.1 Å². The summed E-state index contributed by atoms with van der Waals surface area (Å²) in [5.41, 5.74) is 0.692. The number of carbonyl (C=O) groups excluding carboxylic acids is 1. The fourth-order valence-corrected chi connectivity index (χ4v) is 1.49. The van der Waals surface area contributed by atoms with E-state index in [1.54, 1.807) is 12.1 Å². The van der Waals surface area contributed by atoms with Crippen LogP contribution in [0.25, 0.3) is 0 Å². The van der Waals surface area contributed by atoms with Gasteiger partial charge < -0.3 is 10.4 Å². The van der Waals surface area contributed by atoms with Gasteiger partial charge in [-0.05, 0) is 30.9 Å². The second-order valence-corrected chi connectivity index (χ2v) is 4.03. The lowest BCUT2D eigenvalue weighted by molar-refractivity contribution is 0.0951. The highest BCUT2D eigenvalue weighted by atomic mass is 16.3. The van der Waals surface area contributed by atoms with Crippen molar-refractivity contribution >= 4 is 5.91 Å².